The smallest absolute Gasteiger partial charge is 0.212 e. The van der Waals surface area contributed by atoms with Crippen LogP contribution in [0.5, 0.6) is 0 Å². The van der Waals surface area contributed by atoms with E-state index in [1.54, 1.807) is 0 Å². The van der Waals surface area contributed by atoms with Crippen molar-refractivity contribution in [3.8, 4) is 0 Å². The molecule has 1 atom stereocenters. The molecule has 0 aliphatic carbocycles. The fourth-order valence-corrected chi connectivity index (χ4v) is 7.02. The average Bonchev–Trinajstić information content (AvgIpc) is 3.12. The summed E-state index contributed by atoms with van der Waals surface area (Å²) in [5, 5.41) is 14.9. The molecule has 248 valence electrons. The van der Waals surface area contributed by atoms with E-state index in [-0.39, 0.29) is 17.6 Å². The van der Waals surface area contributed by atoms with E-state index < -0.39 is 11.4 Å². The Hall–Kier alpha value is -4.75. The van der Waals surface area contributed by atoms with Gasteiger partial charge >= 0.3 is 0 Å². The van der Waals surface area contributed by atoms with Gasteiger partial charge in [0.05, 0.1) is 29.1 Å². The summed E-state index contributed by atoms with van der Waals surface area (Å²) in [6.07, 6.45) is 6.91. The van der Waals surface area contributed by atoms with Gasteiger partial charge in [0.25, 0.3) is 0 Å². The molecule has 1 N–H and O–H groups in total. The van der Waals surface area contributed by atoms with Gasteiger partial charge in [-0.2, -0.15) is 0 Å². The Morgan fingerprint density at radius 1 is 0.896 bits per heavy atom. The van der Waals surface area contributed by atoms with Crippen LogP contribution in [0.1, 0.15) is 80.3 Å². The van der Waals surface area contributed by atoms with Gasteiger partial charge in [-0.05, 0) is 38.7 Å². The largest absolute Gasteiger partial charge is 0.393 e. The predicted molar refractivity (Wildman–Crippen MR) is 193 cm³/mol. The maximum Gasteiger partial charge on any atom is 0.212 e. The summed E-state index contributed by atoms with van der Waals surface area (Å²) in [6.45, 7) is 7.55. The number of pyridine rings is 1. The number of hydrogen-bond acceptors (Lipinski definition) is 5. The maximum atomic E-state index is 15.9. The lowest BCUT2D eigenvalue weighted by molar-refractivity contribution is 0.0183. The van der Waals surface area contributed by atoms with Crippen molar-refractivity contribution >= 4 is 22.8 Å². The molecule has 0 spiro atoms. The van der Waals surface area contributed by atoms with Crippen molar-refractivity contribution in [1.29, 1.82) is 0 Å². The fraction of sp³-hybridized carbons (Fsp3) is 0.317. The van der Waals surface area contributed by atoms with E-state index in [0.717, 1.165) is 34.2 Å². The second-order valence-electron chi connectivity index (χ2n) is 12.8. The van der Waals surface area contributed by atoms with Gasteiger partial charge in [-0.3, -0.25) is 4.79 Å². The van der Waals surface area contributed by atoms with E-state index in [1.165, 1.54) is 18.7 Å². The molecule has 1 saturated heterocycles. The zero-order chi connectivity index (χ0) is 33.7. The molecule has 5 aromatic rings. The third-order valence-electron chi connectivity index (χ3n) is 9.36. The van der Waals surface area contributed by atoms with Crippen LogP contribution in [-0.4, -0.2) is 35.1 Å². The highest BCUT2D eigenvalue weighted by atomic mass is 19.1. The van der Waals surface area contributed by atoms with Crippen molar-refractivity contribution in [2.24, 2.45) is 5.16 Å². The summed E-state index contributed by atoms with van der Waals surface area (Å²) in [4.78, 5) is 22.5. The standard InChI is InChI=1S/C38H36FN3O3.C3H8/c1-26-17-18-32-35-33(23-34(39)36(32)41-21-19-31(43)20-22-41)37(44)27(25-42(26)35)24-40-45-38(28-11-5-2-6-12-28,29-13-7-3-8-14-29)30-15-9-4-10-16-30;1-3-2/h2-16,23-26,31,43H,17-22H2,1H3;3H2,1-2H3/b40-24+;. The Morgan fingerprint density at radius 3 is 1.94 bits per heavy atom. The molecule has 4 aromatic carbocycles. The highest BCUT2D eigenvalue weighted by Gasteiger charge is 2.39. The van der Waals surface area contributed by atoms with Crippen molar-refractivity contribution in [3.63, 3.8) is 0 Å². The van der Waals surface area contributed by atoms with E-state index >= 15 is 4.39 Å². The maximum absolute atomic E-state index is 15.9. The molecule has 1 unspecified atom stereocenters. The number of halogens is 1. The Labute approximate surface area is 282 Å². The van der Waals surface area contributed by atoms with Crippen LogP contribution in [0.2, 0.25) is 0 Å². The molecule has 6 nitrogen and oxygen atoms in total. The summed E-state index contributed by atoms with van der Waals surface area (Å²) in [7, 11) is 0. The molecule has 7 rings (SSSR count). The molecular weight excluding hydrogens is 601 g/mol. The van der Waals surface area contributed by atoms with Gasteiger partial charge in [0, 0.05) is 53.0 Å². The minimum absolute atomic E-state index is 0.118. The van der Waals surface area contributed by atoms with E-state index in [9.17, 15) is 9.90 Å². The number of rotatable bonds is 7. The van der Waals surface area contributed by atoms with Crippen LogP contribution in [0.25, 0.3) is 10.9 Å². The van der Waals surface area contributed by atoms with Crippen molar-refractivity contribution in [2.45, 2.75) is 70.6 Å². The lowest BCUT2D eigenvalue weighted by Crippen LogP contribution is -2.37. The number of hydrogen-bond donors (Lipinski definition) is 1. The second-order valence-corrected chi connectivity index (χ2v) is 12.8. The number of aliphatic hydroxyl groups excluding tert-OH is 1. The summed E-state index contributed by atoms with van der Waals surface area (Å²) < 4.78 is 18.0. The van der Waals surface area contributed by atoms with Crippen LogP contribution in [-0.2, 0) is 16.9 Å². The molecule has 1 aromatic heterocycles. The number of anilines is 1. The molecule has 3 heterocycles. The van der Waals surface area contributed by atoms with Crippen LogP contribution in [0.4, 0.5) is 10.1 Å². The van der Waals surface area contributed by atoms with Crippen LogP contribution in [0.3, 0.4) is 0 Å². The molecule has 2 aliphatic heterocycles. The number of oxime groups is 1. The Bertz CT molecular complexity index is 1820. The number of piperidine rings is 1. The number of aliphatic hydroxyl groups is 1. The molecule has 0 bridgehead atoms. The van der Waals surface area contributed by atoms with Gasteiger partial charge in [0.1, 0.15) is 5.82 Å². The lowest BCUT2D eigenvalue weighted by atomic mass is 9.80. The highest BCUT2D eigenvalue weighted by molar-refractivity contribution is 5.93. The SMILES string of the molecule is CC1CCc2c(N3CCC(O)CC3)c(F)cc3c(=O)c(/C=N/OC(c4ccccc4)(c4ccccc4)c4ccccc4)cn1c23.CCC. The molecule has 7 heteroatoms. The van der Waals surface area contributed by atoms with Gasteiger partial charge in [-0.15, -0.1) is 0 Å². The first-order valence-corrected chi connectivity index (χ1v) is 17.1. The van der Waals surface area contributed by atoms with Crippen molar-refractivity contribution in [1.82, 2.24) is 4.57 Å². The fourth-order valence-electron chi connectivity index (χ4n) is 7.02. The highest BCUT2D eigenvalue weighted by Crippen LogP contribution is 2.41. The molecular formula is C41H44FN3O3. The first-order valence-electron chi connectivity index (χ1n) is 17.1. The topological polar surface area (TPSA) is 67.1 Å². The van der Waals surface area contributed by atoms with Crippen molar-refractivity contribution < 1.29 is 14.3 Å². The summed E-state index contributed by atoms with van der Waals surface area (Å²) in [5.41, 5.74) is 3.86. The van der Waals surface area contributed by atoms with E-state index in [4.69, 9.17) is 4.84 Å². The average molecular weight is 646 g/mol. The summed E-state index contributed by atoms with van der Waals surface area (Å²) >= 11 is 0. The van der Waals surface area contributed by atoms with Gasteiger partial charge in [-0.1, -0.05) is 116 Å². The van der Waals surface area contributed by atoms with E-state index in [0.29, 0.717) is 49.0 Å². The quantitative estimate of drug-likeness (QED) is 0.110. The zero-order valence-corrected chi connectivity index (χ0v) is 28.0. The first-order chi connectivity index (χ1) is 23.4. The molecule has 0 amide bonds. The molecule has 48 heavy (non-hydrogen) atoms. The lowest BCUT2D eigenvalue weighted by Gasteiger charge is -2.36. The Morgan fingerprint density at radius 2 is 1.42 bits per heavy atom. The third kappa shape index (κ3) is 6.27. The van der Waals surface area contributed by atoms with Crippen LogP contribution in [0.15, 0.2) is 113 Å². The predicted octanol–water partition coefficient (Wildman–Crippen LogP) is 8.37. The first kappa shape index (κ1) is 33.2. The second kappa shape index (κ2) is 14.6. The molecule has 2 aliphatic rings. The number of aromatic nitrogens is 1. The normalized spacial score (nSPS) is 16.5. The Balaban J connectivity index is 0.00000129. The van der Waals surface area contributed by atoms with Gasteiger partial charge in [0.15, 0.2) is 5.43 Å². The summed E-state index contributed by atoms with van der Waals surface area (Å²) in [5.74, 6) is -0.395. The third-order valence-corrected chi connectivity index (χ3v) is 9.36. The zero-order valence-electron chi connectivity index (χ0n) is 28.0. The number of benzene rings is 4. The monoisotopic (exact) mass is 645 g/mol. The molecule has 0 radical (unpaired) electrons. The van der Waals surface area contributed by atoms with Crippen LogP contribution < -0.4 is 10.3 Å². The van der Waals surface area contributed by atoms with Gasteiger partial charge in [-0.25, -0.2) is 4.39 Å². The van der Waals surface area contributed by atoms with E-state index in [1.807, 2.05) is 102 Å². The number of aryl methyl sites for hydroxylation is 1. The molecule has 0 saturated carbocycles. The van der Waals surface area contributed by atoms with Crippen LogP contribution in [0, 0.1) is 5.82 Å². The van der Waals surface area contributed by atoms with Gasteiger partial charge in [0.2, 0.25) is 5.60 Å². The number of nitrogens with zero attached hydrogens (tertiary/aromatic N) is 3. The minimum Gasteiger partial charge on any atom is -0.393 e. The minimum atomic E-state index is -1.08. The summed E-state index contributed by atoms with van der Waals surface area (Å²) in [6, 6.07) is 31.3. The van der Waals surface area contributed by atoms with Crippen LogP contribution >= 0.6 is 0 Å². The van der Waals surface area contributed by atoms with E-state index in [2.05, 4.69) is 30.5 Å². The Kier molecular flexibility index (Phi) is 10.1. The molecule has 1 fully saturated rings. The van der Waals surface area contributed by atoms with Crippen molar-refractivity contribution in [2.75, 3.05) is 18.0 Å². The van der Waals surface area contributed by atoms with Crippen molar-refractivity contribution in [3.05, 3.63) is 147 Å². The van der Waals surface area contributed by atoms with Gasteiger partial charge < -0.3 is 19.4 Å².